The normalized spacial score (nSPS) is 19.4. The second kappa shape index (κ2) is 15.2. The van der Waals surface area contributed by atoms with Crippen LogP contribution in [0.2, 0.25) is 0 Å². The SMILES string of the molecule is C=c1ccc(=C)cc1.CC.CCCC(CCC)CC1CCC(N)CC1. The molecule has 2 N–H and O–H groups in total. The van der Waals surface area contributed by atoms with Crippen molar-refractivity contribution in [2.75, 3.05) is 0 Å². The molecule has 2 rings (SSSR count). The highest BCUT2D eigenvalue weighted by Crippen LogP contribution is 2.31. The Kier molecular flexibility index (Phi) is 14.5. The fourth-order valence-corrected chi connectivity index (χ4v) is 3.63. The third-order valence-corrected chi connectivity index (χ3v) is 4.97. The summed E-state index contributed by atoms with van der Waals surface area (Å²) in [5.41, 5.74) is 5.95. The van der Waals surface area contributed by atoms with Crippen LogP contribution in [0.1, 0.15) is 85.5 Å². The van der Waals surface area contributed by atoms with Crippen molar-refractivity contribution < 1.29 is 0 Å². The molecule has 25 heavy (non-hydrogen) atoms. The van der Waals surface area contributed by atoms with Gasteiger partial charge in [0.25, 0.3) is 0 Å². The first-order chi connectivity index (χ1) is 12.0. The Morgan fingerprint density at radius 1 is 0.880 bits per heavy atom. The molecule has 0 heterocycles. The molecule has 1 aliphatic rings. The summed E-state index contributed by atoms with van der Waals surface area (Å²) in [6.45, 7) is 16.1. The van der Waals surface area contributed by atoms with Gasteiger partial charge in [-0.15, -0.1) is 0 Å². The summed E-state index contributed by atoms with van der Waals surface area (Å²) in [5, 5.41) is 2.08. The van der Waals surface area contributed by atoms with Crippen LogP contribution >= 0.6 is 0 Å². The summed E-state index contributed by atoms with van der Waals surface area (Å²) in [6.07, 6.45) is 12.4. The molecule has 1 heteroatoms. The Morgan fingerprint density at radius 3 is 1.64 bits per heavy atom. The molecule has 0 amide bonds. The maximum atomic E-state index is 5.95. The lowest BCUT2D eigenvalue weighted by atomic mass is 9.79. The van der Waals surface area contributed by atoms with Crippen LogP contribution < -0.4 is 16.2 Å². The van der Waals surface area contributed by atoms with Crippen molar-refractivity contribution in [2.24, 2.45) is 17.6 Å². The summed E-state index contributed by atoms with van der Waals surface area (Å²) in [4.78, 5) is 0. The molecule has 144 valence electrons. The van der Waals surface area contributed by atoms with Crippen molar-refractivity contribution in [3.05, 3.63) is 34.7 Å². The molecule has 0 aromatic heterocycles. The summed E-state index contributed by atoms with van der Waals surface area (Å²) >= 11 is 0. The van der Waals surface area contributed by atoms with E-state index in [2.05, 4.69) is 27.0 Å². The molecular formula is C24H43N. The highest BCUT2D eigenvalue weighted by atomic mass is 14.6. The lowest BCUT2D eigenvalue weighted by Gasteiger charge is -2.29. The molecule has 1 aromatic rings. The quantitative estimate of drug-likeness (QED) is 0.709. The second-order valence-electron chi connectivity index (χ2n) is 7.28. The Bertz CT molecular complexity index is 441. The monoisotopic (exact) mass is 345 g/mol. The first-order valence-electron chi connectivity index (χ1n) is 10.5. The van der Waals surface area contributed by atoms with Crippen molar-refractivity contribution in [1.82, 2.24) is 0 Å². The zero-order chi connectivity index (χ0) is 19.1. The summed E-state index contributed by atoms with van der Waals surface area (Å²) in [6, 6.07) is 8.30. The van der Waals surface area contributed by atoms with Gasteiger partial charge in [-0.3, -0.25) is 0 Å². The van der Waals surface area contributed by atoms with Crippen LogP contribution in [0.4, 0.5) is 0 Å². The molecule has 0 atom stereocenters. The minimum absolute atomic E-state index is 0.511. The average Bonchev–Trinajstić information content (AvgIpc) is 2.62. The third kappa shape index (κ3) is 12.0. The molecule has 1 fully saturated rings. The van der Waals surface area contributed by atoms with E-state index in [1.54, 1.807) is 0 Å². The van der Waals surface area contributed by atoms with Gasteiger partial charge in [-0.1, -0.05) is 90.8 Å². The van der Waals surface area contributed by atoms with E-state index < -0.39 is 0 Å². The van der Waals surface area contributed by atoms with Gasteiger partial charge in [-0.25, -0.2) is 0 Å². The minimum Gasteiger partial charge on any atom is -0.328 e. The van der Waals surface area contributed by atoms with Crippen molar-refractivity contribution >= 4 is 13.2 Å². The van der Waals surface area contributed by atoms with Gasteiger partial charge in [0.15, 0.2) is 0 Å². The van der Waals surface area contributed by atoms with E-state index in [-0.39, 0.29) is 0 Å². The Hall–Kier alpha value is -1.08. The summed E-state index contributed by atoms with van der Waals surface area (Å²) in [5.74, 6) is 1.99. The van der Waals surface area contributed by atoms with Gasteiger partial charge in [-0.05, 0) is 54.4 Å². The number of nitrogens with two attached hydrogens (primary N) is 1. The molecule has 1 aromatic carbocycles. The van der Waals surface area contributed by atoms with Gasteiger partial charge >= 0.3 is 0 Å². The molecule has 0 unspecified atom stereocenters. The third-order valence-electron chi connectivity index (χ3n) is 4.97. The van der Waals surface area contributed by atoms with Gasteiger partial charge in [0, 0.05) is 6.04 Å². The van der Waals surface area contributed by atoms with E-state index in [1.807, 2.05) is 38.1 Å². The predicted molar refractivity (Wildman–Crippen MR) is 116 cm³/mol. The van der Waals surface area contributed by atoms with Crippen LogP contribution in [0.3, 0.4) is 0 Å². The van der Waals surface area contributed by atoms with E-state index in [4.69, 9.17) is 5.73 Å². The fraction of sp³-hybridized carbons (Fsp3) is 0.667. The molecule has 0 spiro atoms. The van der Waals surface area contributed by atoms with E-state index in [1.165, 1.54) is 57.8 Å². The average molecular weight is 346 g/mol. The second-order valence-corrected chi connectivity index (χ2v) is 7.28. The van der Waals surface area contributed by atoms with Crippen LogP contribution in [0, 0.1) is 11.8 Å². The standard InChI is InChI=1S/C14H29N.C8H8.C2H6/c1-3-5-12(6-4-2)11-13-7-9-14(15)10-8-13;1-7-3-5-8(2)6-4-7;1-2/h12-14H,3-11,15H2,1-2H3;3-6H,1-2H2;1-2H3. The summed E-state index contributed by atoms with van der Waals surface area (Å²) < 4.78 is 0. The van der Waals surface area contributed by atoms with Gasteiger partial charge in [0.1, 0.15) is 0 Å². The van der Waals surface area contributed by atoms with Gasteiger partial charge in [0.05, 0.1) is 0 Å². The first kappa shape index (κ1) is 23.9. The van der Waals surface area contributed by atoms with Gasteiger partial charge in [0.2, 0.25) is 0 Å². The van der Waals surface area contributed by atoms with E-state index in [9.17, 15) is 0 Å². The molecule has 1 nitrogen and oxygen atoms in total. The van der Waals surface area contributed by atoms with E-state index in [0.29, 0.717) is 6.04 Å². The van der Waals surface area contributed by atoms with Crippen LogP contribution in [-0.4, -0.2) is 6.04 Å². The lowest BCUT2D eigenvalue weighted by molar-refractivity contribution is 0.253. The highest BCUT2D eigenvalue weighted by molar-refractivity contribution is 5.13. The Labute approximate surface area is 157 Å². The fourth-order valence-electron chi connectivity index (χ4n) is 3.63. The van der Waals surface area contributed by atoms with Crippen molar-refractivity contribution in [3.8, 4) is 0 Å². The number of rotatable bonds is 6. The molecular weight excluding hydrogens is 302 g/mol. The van der Waals surface area contributed by atoms with Crippen molar-refractivity contribution in [1.29, 1.82) is 0 Å². The lowest BCUT2D eigenvalue weighted by Crippen LogP contribution is -2.27. The highest BCUT2D eigenvalue weighted by Gasteiger charge is 2.21. The topological polar surface area (TPSA) is 26.0 Å². The molecule has 1 saturated carbocycles. The zero-order valence-corrected chi connectivity index (χ0v) is 17.4. The van der Waals surface area contributed by atoms with E-state index in [0.717, 1.165) is 22.3 Å². The first-order valence-corrected chi connectivity index (χ1v) is 10.5. The van der Waals surface area contributed by atoms with Crippen LogP contribution in [-0.2, 0) is 0 Å². The molecule has 0 bridgehead atoms. The van der Waals surface area contributed by atoms with Gasteiger partial charge < -0.3 is 5.73 Å². The molecule has 0 aliphatic heterocycles. The predicted octanol–water partition coefficient (Wildman–Crippen LogP) is 5.64. The zero-order valence-electron chi connectivity index (χ0n) is 17.4. The van der Waals surface area contributed by atoms with E-state index >= 15 is 0 Å². The van der Waals surface area contributed by atoms with Gasteiger partial charge in [-0.2, -0.15) is 0 Å². The van der Waals surface area contributed by atoms with Crippen molar-refractivity contribution in [2.45, 2.75) is 91.5 Å². The van der Waals surface area contributed by atoms with Crippen LogP contribution in [0.15, 0.2) is 24.3 Å². The Balaban J connectivity index is 0.000000483. The summed E-state index contributed by atoms with van der Waals surface area (Å²) in [7, 11) is 0. The van der Waals surface area contributed by atoms with Crippen LogP contribution in [0.25, 0.3) is 13.2 Å². The molecule has 0 radical (unpaired) electrons. The molecule has 0 saturated heterocycles. The maximum Gasteiger partial charge on any atom is 0.00390 e. The number of benzene rings is 1. The van der Waals surface area contributed by atoms with Crippen molar-refractivity contribution in [3.63, 3.8) is 0 Å². The number of hydrogen-bond acceptors (Lipinski definition) is 1. The van der Waals surface area contributed by atoms with Crippen LogP contribution in [0.5, 0.6) is 0 Å². The number of hydrogen-bond donors (Lipinski definition) is 1. The largest absolute Gasteiger partial charge is 0.328 e. The smallest absolute Gasteiger partial charge is 0.00390 e. The Morgan fingerprint density at radius 2 is 1.28 bits per heavy atom. The molecule has 1 aliphatic carbocycles. The minimum atomic E-state index is 0.511. The maximum absolute atomic E-state index is 5.95.